The first-order chi connectivity index (χ1) is 10.7. The second kappa shape index (κ2) is 6.43. The molecule has 0 aliphatic carbocycles. The summed E-state index contributed by atoms with van der Waals surface area (Å²) in [6.07, 6.45) is -4.88. The zero-order chi connectivity index (χ0) is 17.2. The Morgan fingerprint density at radius 2 is 1.70 bits per heavy atom. The molecule has 2 rings (SSSR count). The summed E-state index contributed by atoms with van der Waals surface area (Å²) in [5.74, 6) is -4.13. The molecule has 0 saturated carbocycles. The van der Waals surface area contributed by atoms with Gasteiger partial charge in [0.25, 0.3) is 0 Å². The van der Waals surface area contributed by atoms with Crippen molar-refractivity contribution in [3.8, 4) is 11.5 Å². The van der Waals surface area contributed by atoms with E-state index in [1.165, 1.54) is 18.2 Å². The van der Waals surface area contributed by atoms with Gasteiger partial charge in [-0.2, -0.15) is 13.2 Å². The molecule has 0 fully saturated rings. The summed E-state index contributed by atoms with van der Waals surface area (Å²) in [7, 11) is 0. The van der Waals surface area contributed by atoms with E-state index in [1.54, 1.807) is 0 Å². The number of alkyl halides is 3. The van der Waals surface area contributed by atoms with Crippen LogP contribution in [0.25, 0.3) is 10.4 Å². The van der Waals surface area contributed by atoms with Crippen molar-refractivity contribution in [3.05, 3.63) is 62.4 Å². The first-order valence-corrected chi connectivity index (χ1v) is 6.60. The van der Waals surface area contributed by atoms with Crippen LogP contribution in [-0.2, 0) is 6.18 Å². The van der Waals surface area contributed by atoms with Gasteiger partial charge in [0, 0.05) is 9.38 Å². The molecule has 23 heavy (non-hydrogen) atoms. The zero-order valence-electron chi connectivity index (χ0n) is 10.9. The highest BCUT2D eigenvalue weighted by Crippen LogP contribution is 2.37. The van der Waals surface area contributed by atoms with E-state index >= 15 is 0 Å². The largest absolute Gasteiger partial charge is 0.451 e. The molecule has 4 nitrogen and oxygen atoms in total. The van der Waals surface area contributed by atoms with E-state index in [-0.39, 0.29) is 23.6 Å². The Morgan fingerprint density at radius 1 is 1.09 bits per heavy atom. The minimum atomic E-state index is -4.88. The fourth-order valence-electron chi connectivity index (χ4n) is 1.62. The van der Waals surface area contributed by atoms with Gasteiger partial charge in [-0.25, -0.2) is 8.78 Å². The molecule has 0 amide bonds. The van der Waals surface area contributed by atoms with Gasteiger partial charge in [-0.15, -0.1) is 0 Å². The van der Waals surface area contributed by atoms with E-state index in [1.807, 2.05) is 0 Å². The first kappa shape index (κ1) is 17.0. The number of benzene rings is 2. The Morgan fingerprint density at radius 3 is 2.22 bits per heavy atom. The molecule has 0 saturated heterocycles. The highest BCUT2D eigenvalue weighted by Gasteiger charge is 2.33. The quantitative estimate of drug-likeness (QED) is 0.254. The van der Waals surface area contributed by atoms with Gasteiger partial charge in [0.15, 0.2) is 17.4 Å². The van der Waals surface area contributed by atoms with Gasteiger partial charge in [-0.3, -0.25) is 0 Å². The van der Waals surface area contributed by atoms with Crippen LogP contribution in [0.4, 0.5) is 27.6 Å². The Labute approximate surface area is 134 Å². The van der Waals surface area contributed by atoms with Crippen molar-refractivity contribution in [2.45, 2.75) is 6.18 Å². The second-order valence-electron chi connectivity index (χ2n) is 4.17. The van der Waals surface area contributed by atoms with Crippen LogP contribution in [0.3, 0.4) is 0 Å². The predicted octanol–water partition coefficient (Wildman–Crippen LogP) is 6.48. The SMILES string of the molecule is [N-]=[N+]=Nc1cc(Oc2c(F)cc(C(F)(F)F)cc2F)ccc1Br. The molecule has 0 heterocycles. The van der Waals surface area contributed by atoms with E-state index in [0.29, 0.717) is 4.47 Å². The smallest absolute Gasteiger partial charge is 0.416 e. The van der Waals surface area contributed by atoms with Gasteiger partial charge in [0.05, 0.1) is 11.3 Å². The third-order valence-corrected chi connectivity index (χ3v) is 3.29. The molecule has 0 radical (unpaired) electrons. The number of hydrogen-bond acceptors (Lipinski definition) is 2. The van der Waals surface area contributed by atoms with Gasteiger partial charge in [-0.1, -0.05) is 21.0 Å². The molecule has 0 aliphatic heterocycles. The predicted molar refractivity (Wildman–Crippen MR) is 74.4 cm³/mol. The van der Waals surface area contributed by atoms with Crippen LogP contribution in [0.15, 0.2) is 39.9 Å². The summed E-state index contributed by atoms with van der Waals surface area (Å²) in [6, 6.07) is 4.11. The summed E-state index contributed by atoms with van der Waals surface area (Å²) in [5.41, 5.74) is 7.00. The van der Waals surface area contributed by atoms with E-state index in [2.05, 4.69) is 26.0 Å². The lowest BCUT2D eigenvalue weighted by atomic mass is 10.2. The van der Waals surface area contributed by atoms with Gasteiger partial charge >= 0.3 is 6.18 Å². The van der Waals surface area contributed by atoms with E-state index in [0.717, 1.165) is 0 Å². The summed E-state index contributed by atoms with van der Waals surface area (Å²) >= 11 is 3.08. The average Bonchev–Trinajstić information content (AvgIpc) is 2.45. The lowest BCUT2D eigenvalue weighted by molar-refractivity contribution is -0.138. The lowest BCUT2D eigenvalue weighted by Crippen LogP contribution is -2.07. The molecular formula is C13H5BrF5N3O. The van der Waals surface area contributed by atoms with Gasteiger partial charge in [-0.05, 0) is 35.9 Å². The van der Waals surface area contributed by atoms with Crippen LogP contribution in [0.1, 0.15) is 5.56 Å². The third kappa shape index (κ3) is 3.91. The van der Waals surface area contributed by atoms with E-state index in [4.69, 9.17) is 10.3 Å². The summed E-state index contributed by atoms with van der Waals surface area (Å²) in [5, 5.41) is 3.32. The maximum Gasteiger partial charge on any atom is 0.416 e. The third-order valence-electron chi connectivity index (χ3n) is 2.62. The number of halogens is 6. The molecule has 0 atom stereocenters. The highest BCUT2D eigenvalue weighted by atomic mass is 79.9. The molecule has 0 unspecified atom stereocenters. The minimum absolute atomic E-state index is 0.0812. The standard InChI is InChI=1S/C13H5BrF5N3O/c14-8-2-1-7(5-11(8)21-22-20)23-12-9(15)3-6(4-10(12)16)13(17,18)19/h1-5H. The minimum Gasteiger partial charge on any atom is -0.451 e. The maximum absolute atomic E-state index is 13.7. The van der Waals surface area contributed by atoms with Crippen molar-refractivity contribution in [2.75, 3.05) is 0 Å². The molecule has 10 heteroatoms. The molecule has 2 aromatic carbocycles. The molecule has 0 aromatic heterocycles. The summed E-state index contributed by atoms with van der Waals surface area (Å²) in [4.78, 5) is 2.55. The molecule has 0 N–H and O–H groups in total. The van der Waals surface area contributed by atoms with Crippen molar-refractivity contribution in [2.24, 2.45) is 5.11 Å². The fourth-order valence-corrected chi connectivity index (χ4v) is 1.95. The van der Waals surface area contributed by atoms with E-state index in [9.17, 15) is 22.0 Å². The van der Waals surface area contributed by atoms with Crippen molar-refractivity contribution in [1.82, 2.24) is 0 Å². The van der Waals surface area contributed by atoms with Gasteiger partial charge < -0.3 is 4.74 Å². The number of azide groups is 1. The van der Waals surface area contributed by atoms with Crippen LogP contribution in [0.5, 0.6) is 11.5 Å². The lowest BCUT2D eigenvalue weighted by Gasteiger charge is -2.12. The Balaban J connectivity index is 2.41. The Bertz CT molecular complexity index is 780. The molecule has 0 aliphatic rings. The van der Waals surface area contributed by atoms with Crippen molar-refractivity contribution in [1.29, 1.82) is 0 Å². The van der Waals surface area contributed by atoms with Crippen molar-refractivity contribution in [3.63, 3.8) is 0 Å². The topological polar surface area (TPSA) is 58.0 Å². The zero-order valence-corrected chi connectivity index (χ0v) is 12.5. The Hall–Kier alpha value is -2.32. The van der Waals surface area contributed by atoms with Gasteiger partial charge in [0.2, 0.25) is 0 Å². The van der Waals surface area contributed by atoms with Gasteiger partial charge in [0.1, 0.15) is 5.75 Å². The molecule has 0 bridgehead atoms. The average molecular weight is 394 g/mol. The van der Waals surface area contributed by atoms with E-state index < -0.39 is 29.1 Å². The van der Waals surface area contributed by atoms with Crippen LogP contribution < -0.4 is 4.74 Å². The monoisotopic (exact) mass is 393 g/mol. The van der Waals surface area contributed by atoms with Crippen LogP contribution in [0, 0.1) is 11.6 Å². The summed E-state index contributed by atoms with van der Waals surface area (Å²) in [6.45, 7) is 0. The summed E-state index contributed by atoms with van der Waals surface area (Å²) < 4.78 is 70.1. The number of ether oxygens (including phenoxy) is 1. The number of nitrogens with zero attached hydrogens (tertiary/aromatic N) is 3. The second-order valence-corrected chi connectivity index (χ2v) is 5.03. The normalized spacial score (nSPS) is 11.0. The van der Waals surface area contributed by atoms with Crippen LogP contribution in [0.2, 0.25) is 0 Å². The molecule has 2 aromatic rings. The van der Waals surface area contributed by atoms with Crippen molar-refractivity contribution < 1.29 is 26.7 Å². The highest BCUT2D eigenvalue weighted by molar-refractivity contribution is 9.10. The van der Waals surface area contributed by atoms with Crippen molar-refractivity contribution >= 4 is 21.6 Å². The molecule has 120 valence electrons. The number of rotatable bonds is 3. The fraction of sp³-hybridized carbons (Fsp3) is 0.0769. The maximum atomic E-state index is 13.7. The van der Waals surface area contributed by atoms with Crippen LogP contribution >= 0.6 is 15.9 Å². The molecule has 0 spiro atoms. The number of hydrogen-bond donors (Lipinski definition) is 0. The molecular weight excluding hydrogens is 389 g/mol. The Kier molecular flexibility index (Phi) is 4.76. The first-order valence-electron chi connectivity index (χ1n) is 5.81. The van der Waals surface area contributed by atoms with Crippen LogP contribution in [-0.4, -0.2) is 0 Å².